The second kappa shape index (κ2) is 6.27. The maximum atomic E-state index is 5.80. The summed E-state index contributed by atoms with van der Waals surface area (Å²) in [6.45, 7) is 11.5. The molecule has 1 aromatic carbocycles. The fourth-order valence-electron chi connectivity index (χ4n) is 2.77. The van der Waals surface area contributed by atoms with Gasteiger partial charge in [-0.05, 0) is 50.4 Å². The van der Waals surface area contributed by atoms with Gasteiger partial charge >= 0.3 is 0 Å². The van der Waals surface area contributed by atoms with Crippen molar-refractivity contribution >= 4 is 0 Å². The highest BCUT2D eigenvalue weighted by atomic mass is 16.3. The fraction of sp³-hybridized carbons (Fsp3) is 0.444. The minimum absolute atomic E-state index is 0.211. The lowest BCUT2D eigenvalue weighted by Gasteiger charge is -2.19. The molecule has 0 aliphatic rings. The summed E-state index contributed by atoms with van der Waals surface area (Å²) in [7, 11) is 0. The summed E-state index contributed by atoms with van der Waals surface area (Å²) in [5.74, 6) is 2.04. The van der Waals surface area contributed by atoms with Crippen LogP contribution in [-0.2, 0) is 6.42 Å². The van der Waals surface area contributed by atoms with Gasteiger partial charge in [0.2, 0.25) is 0 Å². The molecule has 1 aromatic heterocycles. The largest absolute Gasteiger partial charge is 0.466 e. The van der Waals surface area contributed by atoms with Gasteiger partial charge in [-0.1, -0.05) is 38.1 Å². The molecule has 1 atom stereocenters. The second-order valence-corrected chi connectivity index (χ2v) is 5.34. The van der Waals surface area contributed by atoms with Gasteiger partial charge in [-0.15, -0.1) is 0 Å². The van der Waals surface area contributed by atoms with Crippen LogP contribution in [0.5, 0.6) is 0 Å². The zero-order valence-electron chi connectivity index (χ0n) is 13.2. The first-order valence-electron chi connectivity index (χ1n) is 7.47. The molecule has 0 saturated carbocycles. The van der Waals surface area contributed by atoms with Crippen molar-refractivity contribution in [2.75, 3.05) is 6.54 Å². The number of hydrogen-bond acceptors (Lipinski definition) is 2. The van der Waals surface area contributed by atoms with Crippen molar-refractivity contribution in [3.05, 3.63) is 58.0 Å². The first-order chi connectivity index (χ1) is 9.58. The molecule has 0 saturated heterocycles. The molecule has 0 bridgehead atoms. The van der Waals surface area contributed by atoms with Gasteiger partial charge in [0, 0.05) is 5.56 Å². The van der Waals surface area contributed by atoms with Crippen molar-refractivity contribution in [1.82, 2.24) is 5.32 Å². The van der Waals surface area contributed by atoms with Gasteiger partial charge in [0.25, 0.3) is 0 Å². The molecule has 0 amide bonds. The Kier molecular flexibility index (Phi) is 4.66. The number of hydrogen-bond donors (Lipinski definition) is 1. The van der Waals surface area contributed by atoms with Gasteiger partial charge in [-0.2, -0.15) is 0 Å². The number of rotatable bonds is 5. The van der Waals surface area contributed by atoms with Crippen molar-refractivity contribution in [3.63, 3.8) is 0 Å². The van der Waals surface area contributed by atoms with Crippen LogP contribution in [0.15, 0.2) is 28.7 Å². The van der Waals surface area contributed by atoms with E-state index in [0.717, 1.165) is 24.5 Å². The summed E-state index contributed by atoms with van der Waals surface area (Å²) in [5, 5.41) is 3.59. The monoisotopic (exact) mass is 271 g/mol. The van der Waals surface area contributed by atoms with Gasteiger partial charge in [-0.25, -0.2) is 0 Å². The molecule has 0 spiro atoms. The van der Waals surface area contributed by atoms with Crippen LogP contribution in [0.3, 0.4) is 0 Å². The maximum Gasteiger partial charge on any atom is 0.106 e. The summed E-state index contributed by atoms with van der Waals surface area (Å²) in [6.07, 6.45) is 1.08. The number of aryl methyl sites for hydroxylation is 3. The van der Waals surface area contributed by atoms with Crippen LogP contribution < -0.4 is 5.32 Å². The number of furan rings is 1. The van der Waals surface area contributed by atoms with Crippen LogP contribution in [-0.4, -0.2) is 6.54 Å². The van der Waals surface area contributed by atoms with Gasteiger partial charge in [0.15, 0.2) is 0 Å². The van der Waals surface area contributed by atoms with E-state index in [2.05, 4.69) is 57.3 Å². The van der Waals surface area contributed by atoms with Crippen molar-refractivity contribution < 1.29 is 4.42 Å². The maximum absolute atomic E-state index is 5.80. The summed E-state index contributed by atoms with van der Waals surface area (Å²) >= 11 is 0. The molecular weight excluding hydrogens is 246 g/mol. The molecule has 2 nitrogen and oxygen atoms in total. The Morgan fingerprint density at radius 2 is 1.65 bits per heavy atom. The van der Waals surface area contributed by atoms with E-state index < -0.39 is 0 Å². The lowest BCUT2D eigenvalue weighted by atomic mass is 9.94. The van der Waals surface area contributed by atoms with Crippen LogP contribution in [0.4, 0.5) is 0 Å². The lowest BCUT2D eigenvalue weighted by Crippen LogP contribution is -2.23. The predicted octanol–water partition coefficient (Wildman–Crippen LogP) is 4.47. The first kappa shape index (κ1) is 14.9. The molecule has 108 valence electrons. The Bertz CT molecular complexity index is 566. The van der Waals surface area contributed by atoms with Crippen LogP contribution in [0.25, 0.3) is 0 Å². The third-order valence-electron chi connectivity index (χ3n) is 4.04. The molecular formula is C18H25NO. The van der Waals surface area contributed by atoms with E-state index in [4.69, 9.17) is 4.42 Å². The molecule has 1 unspecified atom stereocenters. The Balaban J connectivity index is 2.44. The molecule has 2 heteroatoms. The molecule has 1 heterocycles. The summed E-state index contributed by atoms with van der Waals surface area (Å²) < 4.78 is 5.80. The number of benzene rings is 1. The smallest absolute Gasteiger partial charge is 0.106 e. The first-order valence-corrected chi connectivity index (χ1v) is 7.47. The summed E-state index contributed by atoms with van der Waals surface area (Å²) in [4.78, 5) is 0. The Morgan fingerprint density at radius 1 is 1.00 bits per heavy atom. The summed E-state index contributed by atoms with van der Waals surface area (Å²) in [5.41, 5.74) is 5.22. The molecule has 2 rings (SSSR count). The average Bonchev–Trinajstić information content (AvgIpc) is 2.70. The van der Waals surface area contributed by atoms with E-state index in [1.54, 1.807) is 0 Å². The van der Waals surface area contributed by atoms with E-state index in [1.165, 1.54) is 22.3 Å². The molecule has 0 aliphatic carbocycles. The van der Waals surface area contributed by atoms with Crippen molar-refractivity contribution in [1.29, 1.82) is 0 Å². The van der Waals surface area contributed by atoms with E-state index in [1.807, 2.05) is 6.92 Å². The average molecular weight is 271 g/mol. The Morgan fingerprint density at radius 3 is 2.10 bits per heavy atom. The predicted molar refractivity (Wildman–Crippen MR) is 84.3 cm³/mol. The third kappa shape index (κ3) is 2.80. The van der Waals surface area contributed by atoms with Gasteiger partial charge in [-0.3, -0.25) is 0 Å². The molecule has 0 radical (unpaired) electrons. The zero-order chi connectivity index (χ0) is 14.7. The SMILES string of the molecule is CCNC(c1ccc(CC)cc1)c1c(C)oc(C)c1C. The normalized spacial score (nSPS) is 12.7. The van der Waals surface area contributed by atoms with Gasteiger partial charge < -0.3 is 9.73 Å². The van der Waals surface area contributed by atoms with E-state index in [9.17, 15) is 0 Å². The highest BCUT2D eigenvalue weighted by Gasteiger charge is 2.21. The molecule has 1 N–H and O–H groups in total. The van der Waals surface area contributed by atoms with Crippen molar-refractivity contribution in [2.45, 2.75) is 47.1 Å². The highest BCUT2D eigenvalue weighted by molar-refractivity contribution is 5.41. The van der Waals surface area contributed by atoms with Crippen molar-refractivity contribution in [3.8, 4) is 0 Å². The zero-order valence-corrected chi connectivity index (χ0v) is 13.2. The van der Waals surface area contributed by atoms with E-state index >= 15 is 0 Å². The van der Waals surface area contributed by atoms with Gasteiger partial charge in [0.05, 0.1) is 6.04 Å². The minimum atomic E-state index is 0.211. The molecule has 0 fully saturated rings. The number of nitrogens with one attached hydrogen (secondary N) is 1. The minimum Gasteiger partial charge on any atom is -0.466 e. The highest BCUT2D eigenvalue weighted by Crippen LogP contribution is 2.31. The standard InChI is InChI=1S/C18H25NO/c1-6-15-8-10-16(11-9-15)18(19-7-2)17-12(3)13(4)20-14(17)5/h8-11,18-19H,6-7H2,1-5H3. The second-order valence-electron chi connectivity index (χ2n) is 5.34. The topological polar surface area (TPSA) is 25.2 Å². The Labute approximate surface area is 122 Å². The molecule has 0 aliphatic heterocycles. The van der Waals surface area contributed by atoms with Crippen molar-refractivity contribution in [2.24, 2.45) is 0 Å². The van der Waals surface area contributed by atoms with Crippen LogP contribution in [0, 0.1) is 20.8 Å². The van der Waals surface area contributed by atoms with Gasteiger partial charge in [0.1, 0.15) is 11.5 Å². The summed E-state index contributed by atoms with van der Waals surface area (Å²) in [6, 6.07) is 9.11. The van der Waals surface area contributed by atoms with E-state index in [-0.39, 0.29) is 6.04 Å². The Hall–Kier alpha value is -1.54. The van der Waals surface area contributed by atoms with Crippen LogP contribution in [0.2, 0.25) is 0 Å². The fourth-order valence-corrected chi connectivity index (χ4v) is 2.77. The van der Waals surface area contributed by atoms with Crippen LogP contribution in [0.1, 0.15) is 53.7 Å². The molecule has 20 heavy (non-hydrogen) atoms. The third-order valence-corrected chi connectivity index (χ3v) is 4.04. The lowest BCUT2D eigenvalue weighted by molar-refractivity contribution is 0.494. The molecule has 2 aromatic rings. The quantitative estimate of drug-likeness (QED) is 0.868. The van der Waals surface area contributed by atoms with Crippen LogP contribution >= 0.6 is 0 Å². The van der Waals surface area contributed by atoms with E-state index in [0.29, 0.717) is 0 Å².